The Morgan fingerprint density at radius 3 is 2.52 bits per heavy atom. The topological polar surface area (TPSA) is 127 Å². The highest BCUT2D eigenvalue weighted by molar-refractivity contribution is 5.96. The number of aromatic nitrogens is 5. The van der Waals surface area contributed by atoms with Crippen LogP contribution in [0, 0.1) is 5.92 Å². The van der Waals surface area contributed by atoms with E-state index in [1.54, 1.807) is 23.1 Å². The molecular formula is C31H34F3N7O5. The number of benzene rings is 1. The normalized spacial score (nSPS) is 16.3. The first-order chi connectivity index (χ1) is 22.2. The molecule has 0 aliphatic carbocycles. The van der Waals surface area contributed by atoms with Crippen LogP contribution in [0.3, 0.4) is 0 Å². The van der Waals surface area contributed by atoms with Crippen LogP contribution >= 0.6 is 0 Å². The summed E-state index contributed by atoms with van der Waals surface area (Å²) < 4.78 is 55.3. The maximum atomic E-state index is 13.8. The first-order valence-electron chi connectivity index (χ1n) is 15.2. The fourth-order valence-corrected chi connectivity index (χ4v) is 5.95. The summed E-state index contributed by atoms with van der Waals surface area (Å²) in [5, 5.41) is 12.8. The number of piperazine rings is 1. The van der Waals surface area contributed by atoms with Gasteiger partial charge in [-0.05, 0) is 43.0 Å². The molecule has 0 unspecified atom stereocenters. The molecule has 0 saturated carbocycles. The monoisotopic (exact) mass is 641 g/mol. The number of aryl methyl sites for hydroxylation is 1. The van der Waals surface area contributed by atoms with Crippen molar-refractivity contribution < 1.29 is 37.3 Å². The zero-order valence-electron chi connectivity index (χ0n) is 25.2. The molecule has 0 radical (unpaired) electrons. The smallest absolute Gasteiger partial charge is 0.435 e. The Morgan fingerprint density at radius 2 is 1.83 bits per heavy atom. The number of halogens is 3. The molecule has 2 amide bonds. The number of aliphatic hydroxyl groups is 1. The number of rotatable bonds is 8. The molecule has 1 N–H and O–H groups in total. The molecule has 4 aromatic rings. The van der Waals surface area contributed by atoms with Crippen LogP contribution in [0.4, 0.5) is 13.2 Å². The van der Waals surface area contributed by atoms with Crippen LogP contribution in [0.2, 0.25) is 0 Å². The van der Waals surface area contributed by atoms with E-state index < -0.39 is 11.9 Å². The van der Waals surface area contributed by atoms with Crippen LogP contribution in [0.25, 0.3) is 16.9 Å². The van der Waals surface area contributed by atoms with Gasteiger partial charge in [-0.15, -0.1) is 0 Å². The second kappa shape index (κ2) is 13.1. The molecule has 2 aliphatic rings. The Hall–Kier alpha value is -4.50. The van der Waals surface area contributed by atoms with Gasteiger partial charge in [0.05, 0.1) is 30.6 Å². The van der Waals surface area contributed by atoms with E-state index in [2.05, 4.69) is 15.1 Å². The fourth-order valence-electron chi connectivity index (χ4n) is 5.95. The van der Waals surface area contributed by atoms with Gasteiger partial charge >= 0.3 is 6.18 Å². The highest BCUT2D eigenvalue weighted by Crippen LogP contribution is 2.37. The number of aliphatic hydroxyl groups excluding tert-OH is 1. The Bertz CT molecular complexity index is 1720. The van der Waals surface area contributed by atoms with Crippen LogP contribution in [0.15, 0.2) is 43.0 Å². The Balaban J connectivity index is 1.18. The van der Waals surface area contributed by atoms with E-state index in [-0.39, 0.29) is 53.7 Å². The number of amides is 2. The fraction of sp³-hybridized carbons (Fsp3) is 0.452. The lowest BCUT2D eigenvalue weighted by atomic mass is 9.98. The van der Waals surface area contributed by atoms with E-state index >= 15 is 0 Å². The average Bonchev–Trinajstić information content (AvgIpc) is 3.70. The van der Waals surface area contributed by atoms with Crippen LogP contribution in [0.5, 0.6) is 11.6 Å². The number of alkyl halides is 3. The Labute approximate surface area is 262 Å². The van der Waals surface area contributed by atoms with Gasteiger partial charge in [0.25, 0.3) is 11.8 Å². The molecule has 0 spiro atoms. The molecule has 2 aliphatic heterocycles. The SMILES string of the molecule is CCc1cc(Oc2nccn3c(-c4cn(CCO)nc4C(F)(F)F)cnc23)ccc1C(=O)N1CCN(C(=O)C2CCOCC2)CC1. The third-order valence-electron chi connectivity index (χ3n) is 8.38. The van der Waals surface area contributed by atoms with Crippen molar-refractivity contribution in [2.45, 2.75) is 38.9 Å². The zero-order valence-corrected chi connectivity index (χ0v) is 25.2. The van der Waals surface area contributed by atoms with Gasteiger partial charge in [0.1, 0.15) is 5.75 Å². The maximum Gasteiger partial charge on any atom is 0.435 e. The quantitative estimate of drug-likeness (QED) is 0.309. The van der Waals surface area contributed by atoms with Crippen molar-refractivity contribution >= 4 is 17.5 Å². The number of fused-ring (bicyclic) bond motifs is 1. The van der Waals surface area contributed by atoms with Crippen LogP contribution in [-0.4, -0.2) is 96.9 Å². The number of hydrogen-bond donors (Lipinski definition) is 1. The summed E-state index contributed by atoms with van der Waals surface area (Å²) in [6.07, 6.45) is 2.66. The minimum Gasteiger partial charge on any atom is -0.436 e. The summed E-state index contributed by atoms with van der Waals surface area (Å²) >= 11 is 0. The maximum absolute atomic E-state index is 13.8. The number of ether oxygens (including phenoxy) is 2. The number of carbonyl (C=O) groups excluding carboxylic acids is 2. The van der Waals surface area contributed by atoms with E-state index in [9.17, 15) is 27.9 Å². The highest BCUT2D eigenvalue weighted by atomic mass is 19.4. The first kappa shape index (κ1) is 31.5. The minimum atomic E-state index is -4.72. The molecule has 0 atom stereocenters. The predicted octanol–water partition coefficient (Wildman–Crippen LogP) is 3.67. The molecule has 12 nitrogen and oxygen atoms in total. The summed E-state index contributed by atoms with van der Waals surface area (Å²) in [6, 6.07) is 5.08. The van der Waals surface area contributed by atoms with Crippen molar-refractivity contribution in [2.75, 3.05) is 46.0 Å². The second-order valence-electron chi connectivity index (χ2n) is 11.2. The molecule has 6 rings (SSSR count). The molecule has 3 aromatic heterocycles. The van der Waals surface area contributed by atoms with Crippen molar-refractivity contribution in [3.05, 3.63) is 59.8 Å². The van der Waals surface area contributed by atoms with Crippen LogP contribution in [0.1, 0.15) is 41.4 Å². The Morgan fingerprint density at radius 1 is 1.09 bits per heavy atom. The van der Waals surface area contributed by atoms with Crippen molar-refractivity contribution in [2.24, 2.45) is 5.92 Å². The number of hydrogen-bond acceptors (Lipinski definition) is 8. The highest BCUT2D eigenvalue weighted by Gasteiger charge is 2.38. The van der Waals surface area contributed by atoms with E-state index in [4.69, 9.17) is 9.47 Å². The Kier molecular flexibility index (Phi) is 8.95. The second-order valence-corrected chi connectivity index (χ2v) is 11.2. The van der Waals surface area contributed by atoms with Gasteiger partial charge in [-0.2, -0.15) is 18.3 Å². The summed E-state index contributed by atoms with van der Waals surface area (Å²) in [6.45, 7) is 4.52. The van der Waals surface area contributed by atoms with Crippen molar-refractivity contribution in [3.63, 3.8) is 0 Å². The molecule has 1 aromatic carbocycles. The minimum absolute atomic E-state index is 0.0163. The molecular weight excluding hydrogens is 607 g/mol. The van der Waals surface area contributed by atoms with Crippen molar-refractivity contribution in [3.8, 4) is 22.9 Å². The van der Waals surface area contributed by atoms with Crippen molar-refractivity contribution in [1.82, 2.24) is 33.9 Å². The zero-order chi connectivity index (χ0) is 32.4. The molecule has 46 heavy (non-hydrogen) atoms. The average molecular weight is 642 g/mol. The number of imidazole rings is 1. The van der Waals surface area contributed by atoms with Crippen molar-refractivity contribution in [1.29, 1.82) is 0 Å². The van der Waals surface area contributed by atoms with Gasteiger partial charge in [0.15, 0.2) is 5.69 Å². The van der Waals surface area contributed by atoms with Gasteiger partial charge in [0, 0.05) is 69.5 Å². The summed E-state index contributed by atoms with van der Waals surface area (Å²) in [5.41, 5.74) is 0.311. The largest absolute Gasteiger partial charge is 0.436 e. The summed E-state index contributed by atoms with van der Waals surface area (Å²) in [7, 11) is 0. The molecule has 2 fully saturated rings. The van der Waals surface area contributed by atoms with Gasteiger partial charge in [-0.25, -0.2) is 9.97 Å². The predicted molar refractivity (Wildman–Crippen MR) is 158 cm³/mol. The number of carbonyl (C=O) groups is 2. The summed E-state index contributed by atoms with van der Waals surface area (Å²) in [4.78, 5) is 38.6. The third kappa shape index (κ3) is 6.29. The van der Waals surface area contributed by atoms with E-state index in [1.807, 2.05) is 11.8 Å². The third-order valence-corrected chi connectivity index (χ3v) is 8.38. The standard InChI is InChI=1S/C31H34F3N7O5/c1-2-20-17-22(3-4-23(20)30(44)39-11-9-38(10-12-39)29(43)21-5-15-45-16-6-21)46-28-27-36-18-25(41(27)8-7-35-28)24-19-40(13-14-42)37-26(24)31(32,33)34/h3-4,7-8,17-19,21,42H,2,5-6,9-16H2,1H3. The van der Waals surface area contributed by atoms with Gasteiger partial charge < -0.3 is 24.4 Å². The van der Waals surface area contributed by atoms with Gasteiger partial charge in [0.2, 0.25) is 11.6 Å². The van der Waals surface area contributed by atoms with E-state index in [0.717, 1.165) is 23.1 Å². The van der Waals surface area contributed by atoms with E-state index in [1.165, 1.54) is 29.2 Å². The summed E-state index contributed by atoms with van der Waals surface area (Å²) in [5.74, 6) is 0.449. The lowest BCUT2D eigenvalue weighted by Crippen LogP contribution is -2.52. The van der Waals surface area contributed by atoms with Gasteiger partial charge in [-0.3, -0.25) is 18.7 Å². The lowest BCUT2D eigenvalue weighted by molar-refractivity contribution is -0.141. The lowest BCUT2D eigenvalue weighted by Gasteiger charge is -2.37. The molecule has 0 bridgehead atoms. The molecule has 15 heteroatoms. The van der Waals surface area contributed by atoms with E-state index in [0.29, 0.717) is 57.1 Å². The molecule has 244 valence electrons. The molecule has 2 saturated heterocycles. The van der Waals surface area contributed by atoms with Crippen LogP contribution < -0.4 is 4.74 Å². The molecule has 5 heterocycles. The number of nitrogens with zero attached hydrogens (tertiary/aromatic N) is 7. The van der Waals surface area contributed by atoms with Gasteiger partial charge in [-0.1, -0.05) is 6.92 Å². The first-order valence-corrected chi connectivity index (χ1v) is 15.2. The van der Waals surface area contributed by atoms with Crippen LogP contribution in [-0.2, 0) is 28.7 Å².